The number of imidazole rings is 1. The Morgan fingerprint density at radius 1 is 1.20 bits per heavy atom. The van der Waals surface area contributed by atoms with Crippen LogP contribution < -0.4 is 5.73 Å². The molecular formula is C14H14FN5. The van der Waals surface area contributed by atoms with E-state index in [1.54, 1.807) is 31.4 Å². The Hall–Kier alpha value is -2.63. The Balaban J connectivity index is 2.31. The average Bonchev–Trinajstić information content (AvgIpc) is 2.96. The third kappa shape index (κ3) is 1.77. The van der Waals surface area contributed by atoms with Crippen LogP contribution in [0.3, 0.4) is 0 Å². The fourth-order valence-electron chi connectivity index (χ4n) is 2.22. The lowest BCUT2D eigenvalue weighted by atomic mass is 10.0. The second kappa shape index (κ2) is 4.48. The molecule has 0 bridgehead atoms. The first-order valence-corrected chi connectivity index (χ1v) is 6.14. The second-order valence-electron chi connectivity index (χ2n) is 4.57. The van der Waals surface area contributed by atoms with E-state index in [1.165, 1.54) is 10.7 Å². The van der Waals surface area contributed by atoms with Gasteiger partial charge in [-0.05, 0) is 6.07 Å². The third-order valence-electron chi connectivity index (χ3n) is 3.27. The van der Waals surface area contributed by atoms with Gasteiger partial charge in [-0.3, -0.25) is 4.68 Å². The van der Waals surface area contributed by atoms with Crippen LogP contribution in [0, 0.1) is 5.82 Å². The lowest BCUT2D eigenvalue weighted by Crippen LogP contribution is -1.98. The highest BCUT2D eigenvalue weighted by Crippen LogP contribution is 2.36. The summed E-state index contributed by atoms with van der Waals surface area (Å²) in [4.78, 5) is 4.27. The summed E-state index contributed by atoms with van der Waals surface area (Å²) in [6, 6.07) is 6.51. The van der Waals surface area contributed by atoms with Crippen LogP contribution in [0.25, 0.3) is 22.6 Å². The van der Waals surface area contributed by atoms with Crippen molar-refractivity contribution in [2.45, 2.75) is 0 Å². The molecule has 0 aliphatic rings. The minimum Gasteiger partial charge on any atom is -0.383 e. The van der Waals surface area contributed by atoms with E-state index < -0.39 is 0 Å². The lowest BCUT2D eigenvalue weighted by molar-refractivity contribution is 0.631. The van der Waals surface area contributed by atoms with Crippen molar-refractivity contribution in [2.24, 2.45) is 14.1 Å². The molecule has 0 spiro atoms. The maximum atomic E-state index is 14.1. The number of hydrogen-bond acceptors (Lipinski definition) is 3. The number of aromatic nitrogens is 4. The number of nitrogens with two attached hydrogens (primary N) is 1. The topological polar surface area (TPSA) is 61.7 Å². The van der Waals surface area contributed by atoms with Crippen molar-refractivity contribution in [3.63, 3.8) is 0 Å². The van der Waals surface area contributed by atoms with Crippen LogP contribution in [0.2, 0.25) is 0 Å². The van der Waals surface area contributed by atoms with Crippen molar-refractivity contribution in [1.82, 2.24) is 19.3 Å². The smallest absolute Gasteiger partial charge is 0.161 e. The number of anilines is 1. The molecule has 0 aliphatic carbocycles. The van der Waals surface area contributed by atoms with E-state index in [9.17, 15) is 4.39 Å². The van der Waals surface area contributed by atoms with Gasteiger partial charge in [-0.15, -0.1) is 0 Å². The Bertz CT molecular complexity index is 772. The van der Waals surface area contributed by atoms with Crippen LogP contribution in [-0.2, 0) is 14.1 Å². The molecule has 0 saturated carbocycles. The first-order chi connectivity index (χ1) is 9.59. The monoisotopic (exact) mass is 271 g/mol. The normalized spacial score (nSPS) is 10.9. The molecule has 5 nitrogen and oxygen atoms in total. The largest absolute Gasteiger partial charge is 0.383 e. The molecule has 0 unspecified atom stereocenters. The highest BCUT2D eigenvalue weighted by molar-refractivity contribution is 5.86. The molecule has 2 heterocycles. The van der Waals surface area contributed by atoms with E-state index in [-0.39, 0.29) is 5.82 Å². The molecule has 0 saturated heterocycles. The molecule has 0 radical (unpaired) electrons. The van der Waals surface area contributed by atoms with E-state index >= 15 is 0 Å². The first kappa shape index (κ1) is 12.4. The van der Waals surface area contributed by atoms with Crippen molar-refractivity contribution < 1.29 is 4.39 Å². The number of rotatable bonds is 2. The Morgan fingerprint density at radius 2 is 1.95 bits per heavy atom. The van der Waals surface area contributed by atoms with Crippen LogP contribution in [0.15, 0.2) is 36.7 Å². The molecule has 3 aromatic rings. The molecule has 102 valence electrons. The summed E-state index contributed by atoms with van der Waals surface area (Å²) in [5.41, 5.74) is 7.63. The van der Waals surface area contributed by atoms with Crippen molar-refractivity contribution in [1.29, 1.82) is 0 Å². The van der Waals surface area contributed by atoms with Crippen LogP contribution in [0.1, 0.15) is 0 Å². The lowest BCUT2D eigenvalue weighted by Gasteiger charge is -2.05. The van der Waals surface area contributed by atoms with Crippen molar-refractivity contribution in [3.05, 3.63) is 42.5 Å². The minimum atomic E-state index is -0.331. The summed E-state index contributed by atoms with van der Waals surface area (Å²) < 4.78 is 17.4. The van der Waals surface area contributed by atoms with Crippen LogP contribution >= 0.6 is 0 Å². The quantitative estimate of drug-likeness (QED) is 0.777. The summed E-state index contributed by atoms with van der Waals surface area (Å²) in [6.07, 6.45) is 3.48. The first-order valence-electron chi connectivity index (χ1n) is 6.14. The van der Waals surface area contributed by atoms with E-state index in [0.717, 1.165) is 0 Å². The van der Waals surface area contributed by atoms with E-state index in [1.807, 2.05) is 17.8 Å². The molecular weight excluding hydrogens is 257 g/mol. The highest BCUT2D eigenvalue weighted by Gasteiger charge is 2.22. The molecule has 0 fully saturated rings. The van der Waals surface area contributed by atoms with Gasteiger partial charge in [0.2, 0.25) is 0 Å². The summed E-state index contributed by atoms with van der Waals surface area (Å²) in [7, 11) is 3.59. The number of nitrogen functional groups attached to an aromatic ring is 1. The van der Waals surface area contributed by atoms with Gasteiger partial charge < -0.3 is 10.3 Å². The standard InChI is InChI=1S/C14H14FN5/c1-19-8-7-17-14(19)12-11(13(16)20(2)18-12)9-5-3-4-6-10(9)15/h3-8H,16H2,1-2H3. The van der Waals surface area contributed by atoms with Gasteiger partial charge in [-0.2, -0.15) is 5.10 Å². The summed E-state index contributed by atoms with van der Waals surface area (Å²) in [5.74, 6) is 0.728. The third-order valence-corrected chi connectivity index (χ3v) is 3.27. The molecule has 20 heavy (non-hydrogen) atoms. The molecule has 6 heteroatoms. The SMILES string of the molecule is Cn1ccnc1-c1nn(C)c(N)c1-c1ccccc1F. The Labute approximate surface area is 115 Å². The fourth-order valence-corrected chi connectivity index (χ4v) is 2.22. The number of halogens is 1. The van der Waals surface area contributed by atoms with Gasteiger partial charge in [0.05, 0.1) is 5.56 Å². The van der Waals surface area contributed by atoms with Gasteiger partial charge in [0.1, 0.15) is 17.3 Å². The van der Waals surface area contributed by atoms with Gasteiger partial charge in [0.25, 0.3) is 0 Å². The number of nitrogens with zero attached hydrogens (tertiary/aromatic N) is 4. The zero-order valence-electron chi connectivity index (χ0n) is 11.2. The van der Waals surface area contributed by atoms with Gasteiger partial charge >= 0.3 is 0 Å². The number of benzene rings is 1. The van der Waals surface area contributed by atoms with E-state index in [2.05, 4.69) is 10.1 Å². The predicted molar refractivity (Wildman–Crippen MR) is 75.2 cm³/mol. The number of aryl methyl sites for hydroxylation is 2. The minimum absolute atomic E-state index is 0.331. The molecule has 2 N–H and O–H groups in total. The maximum Gasteiger partial charge on any atom is 0.161 e. The van der Waals surface area contributed by atoms with Crippen LogP contribution in [0.4, 0.5) is 10.2 Å². The average molecular weight is 271 g/mol. The van der Waals surface area contributed by atoms with Crippen molar-refractivity contribution in [3.8, 4) is 22.6 Å². The van der Waals surface area contributed by atoms with Gasteiger partial charge in [-0.25, -0.2) is 9.37 Å². The second-order valence-corrected chi connectivity index (χ2v) is 4.57. The Kier molecular flexibility index (Phi) is 2.78. The van der Waals surface area contributed by atoms with Gasteiger partial charge in [0.15, 0.2) is 5.82 Å². The summed E-state index contributed by atoms with van der Waals surface area (Å²) >= 11 is 0. The molecule has 2 aromatic heterocycles. The molecule has 0 aliphatic heterocycles. The molecule has 0 amide bonds. The molecule has 1 aromatic carbocycles. The maximum absolute atomic E-state index is 14.1. The molecule has 0 atom stereocenters. The molecule has 3 rings (SSSR count). The zero-order chi connectivity index (χ0) is 14.3. The number of hydrogen-bond donors (Lipinski definition) is 1. The van der Waals surface area contributed by atoms with E-state index in [4.69, 9.17) is 5.73 Å². The predicted octanol–water partition coefficient (Wildman–Crippen LogP) is 2.21. The summed E-state index contributed by atoms with van der Waals surface area (Å²) in [6.45, 7) is 0. The zero-order valence-corrected chi connectivity index (χ0v) is 11.2. The fraction of sp³-hybridized carbons (Fsp3) is 0.143. The summed E-state index contributed by atoms with van der Waals surface area (Å²) in [5, 5.41) is 4.37. The highest BCUT2D eigenvalue weighted by atomic mass is 19.1. The van der Waals surface area contributed by atoms with Gasteiger partial charge in [0, 0.05) is 32.1 Å². The Morgan fingerprint density at radius 3 is 2.60 bits per heavy atom. The van der Waals surface area contributed by atoms with Gasteiger partial charge in [-0.1, -0.05) is 18.2 Å². The van der Waals surface area contributed by atoms with Crippen LogP contribution in [-0.4, -0.2) is 19.3 Å². The van der Waals surface area contributed by atoms with Crippen molar-refractivity contribution >= 4 is 5.82 Å². The van der Waals surface area contributed by atoms with Crippen LogP contribution in [0.5, 0.6) is 0 Å². The van der Waals surface area contributed by atoms with E-state index in [0.29, 0.717) is 28.5 Å². The van der Waals surface area contributed by atoms with Crippen molar-refractivity contribution in [2.75, 3.05) is 5.73 Å².